The van der Waals surface area contributed by atoms with Crippen LogP contribution in [0.4, 0.5) is 8.78 Å². The molecule has 3 nitrogen and oxygen atoms in total. The van der Waals surface area contributed by atoms with Crippen LogP contribution in [0.15, 0.2) is 30.3 Å². The number of carbonyl (C=O) groups is 1. The van der Waals surface area contributed by atoms with Gasteiger partial charge in [0.1, 0.15) is 6.10 Å². The summed E-state index contributed by atoms with van der Waals surface area (Å²) >= 11 is 0. The van der Waals surface area contributed by atoms with E-state index in [0.29, 0.717) is 6.54 Å². The molecular weight excluding hydrogens is 240 g/mol. The van der Waals surface area contributed by atoms with E-state index in [9.17, 15) is 13.6 Å². The number of rotatable bonds is 5. The van der Waals surface area contributed by atoms with Crippen LogP contribution in [0.2, 0.25) is 0 Å². The summed E-state index contributed by atoms with van der Waals surface area (Å²) in [6, 6.07) is 9.86. The van der Waals surface area contributed by atoms with E-state index in [4.69, 9.17) is 0 Å². The van der Waals surface area contributed by atoms with Crippen molar-refractivity contribution in [2.24, 2.45) is 0 Å². The molecule has 1 aromatic carbocycles. The first-order valence-corrected chi connectivity index (χ1v) is 5.91. The SMILES string of the molecule is O=C1OC(CNCCc2ccccc2)CC1(F)F. The molecule has 0 radical (unpaired) electrons. The molecule has 1 aliphatic heterocycles. The van der Waals surface area contributed by atoms with Gasteiger partial charge in [-0.2, -0.15) is 8.78 Å². The Labute approximate surface area is 104 Å². The highest BCUT2D eigenvalue weighted by Gasteiger charge is 2.50. The zero-order valence-corrected chi connectivity index (χ0v) is 9.86. The lowest BCUT2D eigenvalue weighted by atomic mass is 10.1. The number of alkyl halides is 2. The molecule has 2 rings (SSSR count). The molecule has 1 atom stereocenters. The number of ether oxygens (including phenoxy) is 1. The maximum Gasteiger partial charge on any atom is 0.377 e. The van der Waals surface area contributed by atoms with E-state index in [1.165, 1.54) is 5.56 Å². The quantitative estimate of drug-likeness (QED) is 0.643. The lowest BCUT2D eigenvalue weighted by molar-refractivity contribution is -0.158. The summed E-state index contributed by atoms with van der Waals surface area (Å²) < 4.78 is 30.3. The van der Waals surface area contributed by atoms with Gasteiger partial charge in [0, 0.05) is 6.54 Å². The monoisotopic (exact) mass is 255 g/mol. The second kappa shape index (κ2) is 5.44. The molecule has 0 aromatic heterocycles. The molecule has 0 amide bonds. The van der Waals surface area contributed by atoms with Crippen molar-refractivity contribution in [1.82, 2.24) is 5.32 Å². The van der Waals surface area contributed by atoms with Crippen molar-refractivity contribution in [3.05, 3.63) is 35.9 Å². The van der Waals surface area contributed by atoms with Gasteiger partial charge < -0.3 is 10.1 Å². The molecular formula is C13H15F2NO2. The number of hydrogen-bond donors (Lipinski definition) is 1. The van der Waals surface area contributed by atoms with Crippen LogP contribution in [-0.4, -0.2) is 31.1 Å². The first-order chi connectivity index (χ1) is 8.58. The van der Waals surface area contributed by atoms with E-state index in [1.54, 1.807) is 0 Å². The zero-order valence-electron chi connectivity index (χ0n) is 9.86. The van der Waals surface area contributed by atoms with Crippen LogP contribution in [0.5, 0.6) is 0 Å². The van der Waals surface area contributed by atoms with Gasteiger partial charge in [-0.15, -0.1) is 0 Å². The van der Waals surface area contributed by atoms with Crippen molar-refractivity contribution >= 4 is 5.97 Å². The van der Waals surface area contributed by atoms with E-state index < -0.39 is 24.4 Å². The normalized spacial score (nSPS) is 21.9. The Morgan fingerprint density at radius 1 is 1.33 bits per heavy atom. The van der Waals surface area contributed by atoms with Crippen molar-refractivity contribution in [1.29, 1.82) is 0 Å². The van der Waals surface area contributed by atoms with Gasteiger partial charge in [-0.1, -0.05) is 30.3 Å². The van der Waals surface area contributed by atoms with Crippen molar-refractivity contribution in [2.75, 3.05) is 13.1 Å². The average molecular weight is 255 g/mol. The molecule has 0 spiro atoms. The number of halogens is 2. The molecule has 0 aliphatic carbocycles. The molecule has 18 heavy (non-hydrogen) atoms. The lowest BCUT2D eigenvalue weighted by Gasteiger charge is -2.09. The van der Waals surface area contributed by atoms with Crippen molar-refractivity contribution < 1.29 is 18.3 Å². The Hall–Kier alpha value is -1.49. The van der Waals surface area contributed by atoms with Crippen LogP contribution in [-0.2, 0) is 16.0 Å². The minimum atomic E-state index is -3.31. The fourth-order valence-corrected chi connectivity index (χ4v) is 1.90. The first-order valence-electron chi connectivity index (χ1n) is 5.91. The fraction of sp³-hybridized carbons (Fsp3) is 0.462. The van der Waals surface area contributed by atoms with Gasteiger partial charge in [-0.05, 0) is 18.5 Å². The highest BCUT2D eigenvalue weighted by Crippen LogP contribution is 2.30. The van der Waals surface area contributed by atoms with Gasteiger partial charge in [-0.25, -0.2) is 4.79 Å². The predicted octanol–water partition coefficient (Wildman–Crippen LogP) is 1.77. The number of carbonyl (C=O) groups excluding carboxylic acids is 1. The fourth-order valence-electron chi connectivity index (χ4n) is 1.90. The number of benzene rings is 1. The lowest BCUT2D eigenvalue weighted by Crippen LogP contribution is -2.28. The second-order valence-corrected chi connectivity index (χ2v) is 4.38. The predicted molar refractivity (Wildman–Crippen MR) is 62.5 cm³/mol. The van der Waals surface area contributed by atoms with Crippen molar-refractivity contribution in [2.45, 2.75) is 24.9 Å². The van der Waals surface area contributed by atoms with E-state index in [1.807, 2.05) is 30.3 Å². The Morgan fingerprint density at radius 3 is 2.67 bits per heavy atom. The molecule has 1 saturated heterocycles. The largest absolute Gasteiger partial charge is 0.456 e. The topological polar surface area (TPSA) is 38.3 Å². The van der Waals surface area contributed by atoms with Crippen molar-refractivity contribution in [3.63, 3.8) is 0 Å². The first kappa shape index (κ1) is 13.0. The summed E-state index contributed by atoms with van der Waals surface area (Å²) in [7, 11) is 0. The summed E-state index contributed by atoms with van der Waals surface area (Å²) in [4.78, 5) is 10.8. The van der Waals surface area contributed by atoms with Gasteiger partial charge in [0.05, 0.1) is 6.42 Å². The Kier molecular flexibility index (Phi) is 3.91. The van der Waals surface area contributed by atoms with Crippen LogP contribution in [0.3, 0.4) is 0 Å². The standard InChI is InChI=1S/C13H15F2NO2/c14-13(15)8-11(18-12(13)17)9-16-7-6-10-4-2-1-3-5-10/h1-5,11,16H,6-9H2. The smallest absolute Gasteiger partial charge is 0.377 e. The van der Waals surface area contributed by atoms with Gasteiger partial charge in [0.15, 0.2) is 0 Å². The Morgan fingerprint density at radius 2 is 2.06 bits per heavy atom. The minimum absolute atomic E-state index is 0.272. The Balaban J connectivity index is 1.67. The number of cyclic esters (lactones) is 1. The van der Waals surface area contributed by atoms with Crippen LogP contribution in [0.25, 0.3) is 0 Å². The third-order valence-corrected chi connectivity index (χ3v) is 2.86. The second-order valence-electron chi connectivity index (χ2n) is 4.38. The van der Waals surface area contributed by atoms with E-state index in [0.717, 1.165) is 6.42 Å². The van der Waals surface area contributed by atoms with E-state index in [2.05, 4.69) is 10.1 Å². The van der Waals surface area contributed by atoms with Gasteiger partial charge in [0.25, 0.3) is 0 Å². The summed E-state index contributed by atoms with van der Waals surface area (Å²) in [5, 5.41) is 3.02. The molecule has 0 bridgehead atoms. The van der Waals surface area contributed by atoms with Crippen LogP contribution >= 0.6 is 0 Å². The minimum Gasteiger partial charge on any atom is -0.456 e. The van der Waals surface area contributed by atoms with Crippen LogP contribution in [0.1, 0.15) is 12.0 Å². The highest BCUT2D eigenvalue weighted by atomic mass is 19.3. The molecule has 0 saturated carbocycles. The van der Waals surface area contributed by atoms with Crippen LogP contribution in [0, 0.1) is 0 Å². The summed E-state index contributed by atoms with van der Waals surface area (Å²) in [5.74, 6) is -4.72. The molecule has 1 aromatic rings. The van der Waals surface area contributed by atoms with Gasteiger partial charge >= 0.3 is 11.9 Å². The average Bonchev–Trinajstić information content (AvgIpc) is 2.60. The molecule has 1 aliphatic rings. The third kappa shape index (κ3) is 3.26. The van der Waals surface area contributed by atoms with Crippen molar-refractivity contribution in [3.8, 4) is 0 Å². The zero-order chi connectivity index (χ0) is 13.0. The number of nitrogens with one attached hydrogen (secondary N) is 1. The number of esters is 1. The Bertz CT molecular complexity index is 409. The maximum atomic E-state index is 12.9. The number of hydrogen-bond acceptors (Lipinski definition) is 3. The highest BCUT2D eigenvalue weighted by molar-refractivity contribution is 5.79. The summed E-state index contributed by atoms with van der Waals surface area (Å²) in [6.45, 7) is 0.942. The molecule has 1 fully saturated rings. The van der Waals surface area contributed by atoms with Gasteiger partial charge in [0.2, 0.25) is 0 Å². The molecule has 1 N–H and O–H groups in total. The maximum absolute atomic E-state index is 12.9. The third-order valence-electron chi connectivity index (χ3n) is 2.86. The van der Waals surface area contributed by atoms with Gasteiger partial charge in [-0.3, -0.25) is 0 Å². The summed E-state index contributed by atoms with van der Waals surface area (Å²) in [6.07, 6.45) is -0.425. The molecule has 1 unspecified atom stereocenters. The summed E-state index contributed by atoms with van der Waals surface area (Å²) in [5.41, 5.74) is 1.18. The van der Waals surface area contributed by atoms with E-state index in [-0.39, 0.29) is 6.54 Å². The van der Waals surface area contributed by atoms with Crippen LogP contribution < -0.4 is 5.32 Å². The molecule has 1 heterocycles. The van der Waals surface area contributed by atoms with E-state index >= 15 is 0 Å². The molecule has 5 heteroatoms. The molecule has 98 valence electrons.